The number of amides is 1. The number of carbonyl (C=O) groups is 1. The number of rotatable bonds is 8. The van der Waals surface area contributed by atoms with Gasteiger partial charge in [-0.3, -0.25) is 9.10 Å². The van der Waals surface area contributed by atoms with Crippen molar-refractivity contribution in [3.05, 3.63) is 88.9 Å². The fourth-order valence-corrected chi connectivity index (χ4v) is 4.51. The van der Waals surface area contributed by atoms with Crippen molar-refractivity contribution >= 4 is 33.2 Å². The fraction of sp³-hybridized carbons (Fsp3) is 0.174. The highest BCUT2D eigenvalue weighted by atomic mass is 35.5. The smallest absolute Gasteiger partial charge is 0.264 e. The maximum atomic E-state index is 13.3. The van der Waals surface area contributed by atoms with Gasteiger partial charge in [-0.15, -0.1) is 0 Å². The minimum atomic E-state index is -3.97. The fourth-order valence-electron chi connectivity index (χ4n) is 2.90. The van der Waals surface area contributed by atoms with Gasteiger partial charge in [0.1, 0.15) is 12.3 Å². The van der Waals surface area contributed by atoms with E-state index < -0.39 is 15.9 Å². The Morgan fingerprint density at radius 3 is 2.32 bits per heavy atom. The van der Waals surface area contributed by atoms with Crippen LogP contribution in [0.5, 0.6) is 5.75 Å². The quantitative estimate of drug-likeness (QED) is 0.549. The lowest BCUT2D eigenvalue weighted by atomic mass is 10.2. The Hall–Kier alpha value is -3.03. The maximum absolute atomic E-state index is 13.3. The minimum absolute atomic E-state index is 0.0923. The van der Waals surface area contributed by atoms with Gasteiger partial charge < -0.3 is 10.1 Å². The molecule has 0 bridgehead atoms. The van der Waals surface area contributed by atoms with E-state index in [0.717, 1.165) is 15.4 Å². The van der Waals surface area contributed by atoms with Crippen LogP contribution < -0.4 is 14.4 Å². The molecule has 0 saturated carbocycles. The van der Waals surface area contributed by atoms with Gasteiger partial charge >= 0.3 is 0 Å². The molecule has 1 N–H and O–H groups in total. The Labute approximate surface area is 187 Å². The van der Waals surface area contributed by atoms with Gasteiger partial charge in [0, 0.05) is 11.6 Å². The van der Waals surface area contributed by atoms with Gasteiger partial charge in [0.2, 0.25) is 5.91 Å². The van der Waals surface area contributed by atoms with Crippen LogP contribution in [0.2, 0.25) is 5.02 Å². The van der Waals surface area contributed by atoms with E-state index in [2.05, 4.69) is 5.32 Å². The van der Waals surface area contributed by atoms with E-state index in [1.54, 1.807) is 55.6 Å². The highest BCUT2D eigenvalue weighted by molar-refractivity contribution is 7.92. The van der Waals surface area contributed by atoms with Crippen LogP contribution in [-0.2, 0) is 21.4 Å². The molecule has 31 heavy (non-hydrogen) atoms. The lowest BCUT2D eigenvalue weighted by Crippen LogP contribution is -2.40. The van der Waals surface area contributed by atoms with Crippen molar-refractivity contribution in [2.75, 3.05) is 18.0 Å². The van der Waals surface area contributed by atoms with Gasteiger partial charge in [0.05, 0.1) is 17.7 Å². The number of benzene rings is 3. The van der Waals surface area contributed by atoms with Crippen LogP contribution in [0.25, 0.3) is 0 Å². The van der Waals surface area contributed by atoms with Crippen molar-refractivity contribution in [3.8, 4) is 5.75 Å². The van der Waals surface area contributed by atoms with Crippen molar-refractivity contribution in [3.63, 3.8) is 0 Å². The molecule has 3 aromatic carbocycles. The number of carbonyl (C=O) groups excluding carboxylic acids is 1. The number of halogens is 1. The third-order valence-electron chi connectivity index (χ3n) is 4.71. The Kier molecular flexibility index (Phi) is 7.20. The molecular weight excluding hydrogens is 436 g/mol. The average molecular weight is 459 g/mol. The molecule has 162 valence electrons. The van der Waals surface area contributed by atoms with Gasteiger partial charge in [-0.05, 0) is 54.4 Å². The molecule has 0 saturated heterocycles. The summed E-state index contributed by atoms with van der Waals surface area (Å²) in [7, 11) is -2.39. The van der Waals surface area contributed by atoms with Gasteiger partial charge in [0.25, 0.3) is 10.0 Å². The molecule has 0 aliphatic carbocycles. The monoisotopic (exact) mass is 458 g/mol. The molecule has 0 aliphatic heterocycles. The van der Waals surface area contributed by atoms with E-state index in [9.17, 15) is 13.2 Å². The molecule has 0 atom stereocenters. The van der Waals surface area contributed by atoms with Crippen molar-refractivity contribution in [2.24, 2.45) is 0 Å². The molecule has 6 nitrogen and oxygen atoms in total. The van der Waals surface area contributed by atoms with E-state index in [0.29, 0.717) is 16.5 Å². The van der Waals surface area contributed by atoms with Crippen LogP contribution in [0, 0.1) is 6.92 Å². The summed E-state index contributed by atoms with van der Waals surface area (Å²) in [6.45, 7) is 1.70. The standard InChI is InChI=1S/C23H23ClN2O4S/c1-17-8-11-19(14-22(17)24)26(31(28,29)21-6-4-3-5-7-21)16-23(27)25-15-18-9-12-20(30-2)13-10-18/h3-14H,15-16H2,1-2H3,(H,25,27). The number of ether oxygens (including phenoxy) is 1. The molecule has 0 radical (unpaired) electrons. The van der Waals surface area contributed by atoms with Crippen LogP contribution in [0.4, 0.5) is 5.69 Å². The van der Waals surface area contributed by atoms with Crippen LogP contribution in [0.1, 0.15) is 11.1 Å². The van der Waals surface area contributed by atoms with Crippen molar-refractivity contribution in [1.82, 2.24) is 5.32 Å². The topological polar surface area (TPSA) is 75.7 Å². The highest BCUT2D eigenvalue weighted by Crippen LogP contribution is 2.28. The van der Waals surface area contributed by atoms with Crippen LogP contribution in [0.15, 0.2) is 77.7 Å². The number of aryl methyl sites for hydroxylation is 1. The first-order valence-corrected chi connectivity index (χ1v) is 11.4. The Morgan fingerprint density at radius 2 is 1.71 bits per heavy atom. The molecule has 0 spiro atoms. The minimum Gasteiger partial charge on any atom is -0.497 e. The largest absolute Gasteiger partial charge is 0.497 e. The summed E-state index contributed by atoms with van der Waals surface area (Å²) in [5.41, 5.74) is 2.00. The molecule has 0 heterocycles. The first-order valence-electron chi connectivity index (χ1n) is 9.55. The second-order valence-electron chi connectivity index (χ2n) is 6.88. The molecule has 8 heteroatoms. The zero-order valence-corrected chi connectivity index (χ0v) is 18.8. The number of hydrogen-bond acceptors (Lipinski definition) is 4. The van der Waals surface area contributed by atoms with Crippen molar-refractivity contribution < 1.29 is 17.9 Å². The molecule has 0 fully saturated rings. The van der Waals surface area contributed by atoms with E-state index in [4.69, 9.17) is 16.3 Å². The zero-order valence-electron chi connectivity index (χ0n) is 17.2. The molecule has 3 aromatic rings. The normalized spacial score (nSPS) is 11.1. The number of sulfonamides is 1. The lowest BCUT2D eigenvalue weighted by Gasteiger charge is -2.24. The van der Waals surface area contributed by atoms with Gasteiger partial charge in [-0.25, -0.2) is 8.42 Å². The predicted octanol–water partition coefficient (Wildman–Crippen LogP) is 4.17. The maximum Gasteiger partial charge on any atom is 0.264 e. The Morgan fingerprint density at radius 1 is 1.03 bits per heavy atom. The van der Waals surface area contributed by atoms with Crippen LogP contribution in [-0.4, -0.2) is 28.0 Å². The van der Waals surface area contributed by atoms with Crippen molar-refractivity contribution in [2.45, 2.75) is 18.4 Å². The molecule has 0 unspecified atom stereocenters. The highest BCUT2D eigenvalue weighted by Gasteiger charge is 2.27. The summed E-state index contributed by atoms with van der Waals surface area (Å²) in [5, 5.41) is 3.19. The summed E-state index contributed by atoms with van der Waals surface area (Å²) in [6, 6.07) is 20.1. The summed E-state index contributed by atoms with van der Waals surface area (Å²) in [5.74, 6) is 0.276. The lowest BCUT2D eigenvalue weighted by molar-refractivity contribution is -0.119. The number of methoxy groups -OCH3 is 1. The summed E-state index contributed by atoms with van der Waals surface area (Å²) in [6.07, 6.45) is 0. The summed E-state index contributed by atoms with van der Waals surface area (Å²) < 4.78 is 32.8. The predicted molar refractivity (Wildman–Crippen MR) is 122 cm³/mol. The number of hydrogen-bond donors (Lipinski definition) is 1. The molecule has 0 aliphatic rings. The number of nitrogens with one attached hydrogen (secondary N) is 1. The summed E-state index contributed by atoms with van der Waals surface area (Å²) in [4.78, 5) is 12.8. The third kappa shape index (κ3) is 5.57. The molecule has 3 rings (SSSR count). The van der Waals surface area contributed by atoms with Crippen LogP contribution in [0.3, 0.4) is 0 Å². The Balaban J connectivity index is 1.83. The molecular formula is C23H23ClN2O4S. The van der Waals surface area contributed by atoms with Gasteiger partial charge in [-0.2, -0.15) is 0 Å². The first kappa shape index (κ1) is 22.7. The second-order valence-corrected chi connectivity index (χ2v) is 9.15. The SMILES string of the molecule is COc1ccc(CNC(=O)CN(c2ccc(C)c(Cl)c2)S(=O)(=O)c2ccccc2)cc1. The van der Waals surface area contributed by atoms with Crippen molar-refractivity contribution in [1.29, 1.82) is 0 Å². The third-order valence-corrected chi connectivity index (χ3v) is 6.91. The number of anilines is 1. The number of nitrogens with zero attached hydrogens (tertiary/aromatic N) is 1. The second kappa shape index (κ2) is 9.85. The average Bonchev–Trinajstić information content (AvgIpc) is 2.79. The Bertz CT molecular complexity index is 1150. The van der Waals surface area contributed by atoms with E-state index >= 15 is 0 Å². The van der Waals surface area contributed by atoms with E-state index in [1.165, 1.54) is 12.1 Å². The first-order chi connectivity index (χ1) is 14.8. The van der Waals surface area contributed by atoms with Gasteiger partial charge in [-0.1, -0.05) is 48.0 Å². The van der Waals surface area contributed by atoms with E-state index in [-0.39, 0.29) is 18.0 Å². The van der Waals surface area contributed by atoms with Crippen LogP contribution >= 0.6 is 11.6 Å². The van der Waals surface area contributed by atoms with Gasteiger partial charge in [0.15, 0.2) is 0 Å². The zero-order chi connectivity index (χ0) is 22.4. The molecule has 0 aromatic heterocycles. The van der Waals surface area contributed by atoms with E-state index in [1.807, 2.05) is 19.1 Å². The molecule has 1 amide bonds. The summed E-state index contributed by atoms with van der Waals surface area (Å²) >= 11 is 6.22.